The molecule has 2 aromatic rings. The summed E-state index contributed by atoms with van der Waals surface area (Å²) in [6.45, 7) is 1.80. The third-order valence-corrected chi connectivity index (χ3v) is 4.10. The smallest absolute Gasteiger partial charge is 0.232 e. The fraction of sp³-hybridized carbons (Fsp3) is 0.214. The van der Waals surface area contributed by atoms with Gasteiger partial charge in [-0.25, -0.2) is 17.8 Å². The summed E-state index contributed by atoms with van der Waals surface area (Å²) in [6.07, 6.45) is 1.96. The van der Waals surface area contributed by atoms with Crippen LogP contribution in [0.15, 0.2) is 42.6 Å². The van der Waals surface area contributed by atoms with E-state index in [1.54, 1.807) is 31.2 Å². The molecule has 0 fully saturated rings. The lowest BCUT2D eigenvalue weighted by molar-refractivity contribution is 0.600. The van der Waals surface area contributed by atoms with Crippen molar-refractivity contribution in [2.45, 2.75) is 13.3 Å². The van der Waals surface area contributed by atoms with Crippen LogP contribution in [0.25, 0.3) is 0 Å². The molecule has 1 aromatic carbocycles. The number of hydrogen-bond donors (Lipinski definition) is 2. The molecule has 0 spiro atoms. The number of nitrogens with zero attached hydrogens (tertiary/aromatic N) is 1. The number of rotatable bonds is 6. The highest BCUT2D eigenvalue weighted by molar-refractivity contribution is 7.92. The van der Waals surface area contributed by atoms with E-state index in [1.807, 2.05) is 0 Å². The Bertz CT molecular complexity index is 702. The summed E-state index contributed by atoms with van der Waals surface area (Å²) in [5.41, 5.74) is 0.968. The molecular weight excluding hydrogens is 293 g/mol. The Morgan fingerprint density at radius 1 is 1.19 bits per heavy atom. The first-order valence-electron chi connectivity index (χ1n) is 6.47. The normalized spacial score (nSPS) is 11.1. The Kier molecular flexibility index (Phi) is 4.74. The van der Waals surface area contributed by atoms with Gasteiger partial charge in [0.05, 0.1) is 17.6 Å². The zero-order chi connectivity index (χ0) is 15.3. The van der Waals surface area contributed by atoms with Gasteiger partial charge in [-0.05, 0) is 36.8 Å². The van der Waals surface area contributed by atoms with Crippen LogP contribution in [0.2, 0.25) is 0 Å². The van der Waals surface area contributed by atoms with Gasteiger partial charge in [-0.3, -0.25) is 4.72 Å². The molecule has 21 heavy (non-hydrogen) atoms. The van der Waals surface area contributed by atoms with Crippen molar-refractivity contribution >= 4 is 27.2 Å². The largest absolute Gasteiger partial charge is 0.340 e. The number of benzene rings is 1. The summed E-state index contributed by atoms with van der Waals surface area (Å²) in [6, 6.07) is 9.22. The van der Waals surface area contributed by atoms with Crippen molar-refractivity contribution in [3.63, 3.8) is 0 Å². The summed E-state index contributed by atoms with van der Waals surface area (Å²) in [5.74, 6) is 0.221. The monoisotopic (exact) mass is 309 g/mol. The van der Waals surface area contributed by atoms with Gasteiger partial charge in [0, 0.05) is 5.69 Å². The topological polar surface area (TPSA) is 71.1 Å². The molecule has 0 radical (unpaired) electrons. The summed E-state index contributed by atoms with van der Waals surface area (Å²) in [7, 11) is -3.32. The van der Waals surface area contributed by atoms with Crippen LogP contribution in [0.1, 0.15) is 13.3 Å². The molecule has 0 saturated carbocycles. The van der Waals surface area contributed by atoms with Gasteiger partial charge in [0.2, 0.25) is 10.0 Å². The Morgan fingerprint density at radius 3 is 2.62 bits per heavy atom. The molecule has 0 aliphatic carbocycles. The van der Waals surface area contributed by atoms with E-state index in [9.17, 15) is 12.8 Å². The van der Waals surface area contributed by atoms with Crippen LogP contribution >= 0.6 is 0 Å². The fourth-order valence-electron chi connectivity index (χ4n) is 1.74. The zero-order valence-corrected chi connectivity index (χ0v) is 12.3. The minimum absolute atomic E-state index is 0.0658. The second-order valence-electron chi connectivity index (χ2n) is 4.49. The molecule has 7 heteroatoms. The lowest BCUT2D eigenvalue weighted by atomic mass is 10.3. The number of pyridine rings is 1. The number of nitrogens with one attached hydrogen (secondary N) is 2. The number of halogens is 1. The van der Waals surface area contributed by atoms with E-state index >= 15 is 0 Å². The lowest BCUT2D eigenvalue weighted by Gasteiger charge is -2.08. The standard InChI is InChI=1S/C14H16FN3O2S/c1-2-8-21(19,20)18-13-6-7-14(16-10-13)17-12-5-3-4-11(15)9-12/h3-7,9-10,18H,2,8H2,1H3,(H,16,17). The van der Waals surface area contributed by atoms with Crippen LogP contribution < -0.4 is 10.0 Å². The van der Waals surface area contributed by atoms with E-state index in [1.165, 1.54) is 18.3 Å². The van der Waals surface area contributed by atoms with Gasteiger partial charge in [0.1, 0.15) is 11.6 Å². The van der Waals surface area contributed by atoms with E-state index in [4.69, 9.17) is 0 Å². The van der Waals surface area contributed by atoms with Crippen molar-refractivity contribution in [3.05, 3.63) is 48.4 Å². The van der Waals surface area contributed by atoms with Gasteiger partial charge in [-0.15, -0.1) is 0 Å². The van der Waals surface area contributed by atoms with Gasteiger partial charge >= 0.3 is 0 Å². The van der Waals surface area contributed by atoms with Gasteiger partial charge in [-0.1, -0.05) is 13.0 Å². The summed E-state index contributed by atoms with van der Waals surface area (Å²) >= 11 is 0. The SMILES string of the molecule is CCCS(=O)(=O)Nc1ccc(Nc2cccc(F)c2)nc1. The van der Waals surface area contributed by atoms with Gasteiger partial charge in [0.15, 0.2) is 0 Å². The molecule has 1 heterocycles. The molecule has 0 aliphatic heterocycles. The van der Waals surface area contributed by atoms with Crippen LogP contribution in [-0.2, 0) is 10.0 Å². The molecule has 0 bridgehead atoms. The Balaban J connectivity index is 2.05. The summed E-state index contributed by atoms with van der Waals surface area (Å²) in [4.78, 5) is 4.09. The van der Waals surface area contributed by atoms with Crippen molar-refractivity contribution in [2.24, 2.45) is 0 Å². The van der Waals surface area contributed by atoms with Crippen LogP contribution in [0.3, 0.4) is 0 Å². The number of anilines is 3. The van der Waals surface area contributed by atoms with Crippen LogP contribution in [0, 0.1) is 5.82 Å². The molecule has 112 valence electrons. The van der Waals surface area contributed by atoms with Crippen molar-refractivity contribution in [1.29, 1.82) is 0 Å². The molecule has 2 rings (SSSR count). The van der Waals surface area contributed by atoms with Crippen molar-refractivity contribution in [3.8, 4) is 0 Å². The van der Waals surface area contributed by atoms with Crippen molar-refractivity contribution in [2.75, 3.05) is 15.8 Å². The quantitative estimate of drug-likeness (QED) is 0.860. The maximum Gasteiger partial charge on any atom is 0.232 e. The maximum atomic E-state index is 13.1. The fourth-order valence-corrected chi connectivity index (χ4v) is 2.86. The Labute approximate surface area is 123 Å². The molecule has 1 aromatic heterocycles. The summed E-state index contributed by atoms with van der Waals surface area (Å²) in [5, 5.41) is 2.93. The first-order chi connectivity index (χ1) is 9.98. The maximum absolute atomic E-state index is 13.1. The highest BCUT2D eigenvalue weighted by Gasteiger charge is 2.08. The van der Waals surface area contributed by atoms with Gasteiger partial charge in [0.25, 0.3) is 0 Å². The number of sulfonamides is 1. The van der Waals surface area contributed by atoms with Crippen LogP contribution in [0.5, 0.6) is 0 Å². The predicted octanol–water partition coefficient (Wildman–Crippen LogP) is 3.12. The minimum atomic E-state index is -3.32. The minimum Gasteiger partial charge on any atom is -0.340 e. The first-order valence-corrected chi connectivity index (χ1v) is 8.13. The molecule has 0 aliphatic rings. The molecule has 0 amide bonds. The van der Waals surface area contributed by atoms with Crippen molar-refractivity contribution in [1.82, 2.24) is 4.98 Å². The lowest BCUT2D eigenvalue weighted by Crippen LogP contribution is -2.16. The van der Waals surface area contributed by atoms with Gasteiger partial charge in [-0.2, -0.15) is 0 Å². The van der Waals surface area contributed by atoms with E-state index in [0.29, 0.717) is 23.6 Å². The summed E-state index contributed by atoms with van der Waals surface area (Å²) < 4.78 is 38.7. The first kappa shape index (κ1) is 15.2. The van der Waals surface area contributed by atoms with E-state index in [0.717, 1.165) is 0 Å². The molecule has 0 unspecified atom stereocenters. The van der Waals surface area contributed by atoms with Crippen LogP contribution in [0.4, 0.5) is 21.6 Å². The molecule has 5 nitrogen and oxygen atoms in total. The third kappa shape index (κ3) is 4.71. The van der Waals surface area contributed by atoms with Crippen molar-refractivity contribution < 1.29 is 12.8 Å². The van der Waals surface area contributed by atoms with E-state index in [2.05, 4.69) is 15.0 Å². The van der Waals surface area contributed by atoms with E-state index in [-0.39, 0.29) is 11.6 Å². The average molecular weight is 309 g/mol. The molecular formula is C14H16FN3O2S. The third-order valence-electron chi connectivity index (χ3n) is 2.61. The number of aromatic nitrogens is 1. The molecule has 2 N–H and O–H groups in total. The Morgan fingerprint density at radius 2 is 2.00 bits per heavy atom. The highest BCUT2D eigenvalue weighted by Crippen LogP contribution is 2.17. The van der Waals surface area contributed by atoms with E-state index < -0.39 is 10.0 Å². The van der Waals surface area contributed by atoms with Gasteiger partial charge < -0.3 is 5.32 Å². The highest BCUT2D eigenvalue weighted by atomic mass is 32.2. The zero-order valence-electron chi connectivity index (χ0n) is 11.5. The second-order valence-corrected chi connectivity index (χ2v) is 6.33. The van der Waals surface area contributed by atoms with Crippen LogP contribution in [-0.4, -0.2) is 19.2 Å². The predicted molar refractivity (Wildman–Crippen MR) is 81.6 cm³/mol. The Hall–Kier alpha value is -2.15. The molecule has 0 saturated heterocycles. The number of hydrogen-bond acceptors (Lipinski definition) is 4. The average Bonchev–Trinajstić information content (AvgIpc) is 2.40. The second kappa shape index (κ2) is 6.53. The molecule has 0 atom stereocenters.